The van der Waals surface area contributed by atoms with E-state index >= 15 is 0 Å². The number of benzene rings is 2. The van der Waals surface area contributed by atoms with Gasteiger partial charge in [0.25, 0.3) is 0 Å². The van der Waals surface area contributed by atoms with Crippen molar-refractivity contribution in [2.45, 2.75) is 26.3 Å². The Balaban J connectivity index is 1.81. The Bertz CT molecular complexity index is 830. The molecule has 4 nitrogen and oxygen atoms in total. The predicted molar refractivity (Wildman–Crippen MR) is 99.8 cm³/mol. The van der Waals surface area contributed by atoms with E-state index in [1.165, 1.54) is 5.56 Å². The molecule has 0 bridgehead atoms. The lowest BCUT2D eigenvalue weighted by molar-refractivity contribution is 0.465. The molecule has 3 aromatic rings. The van der Waals surface area contributed by atoms with Gasteiger partial charge in [-0.3, -0.25) is 0 Å². The highest BCUT2D eigenvalue weighted by molar-refractivity contribution is 5.79. The summed E-state index contributed by atoms with van der Waals surface area (Å²) < 4.78 is 5.92. The number of ether oxygens (including phenoxy) is 1. The molecule has 0 spiro atoms. The summed E-state index contributed by atoms with van der Waals surface area (Å²) in [6.07, 6.45) is 0.879. The Kier molecular flexibility index (Phi) is 4.96. The van der Waals surface area contributed by atoms with E-state index in [-0.39, 0.29) is 0 Å². The van der Waals surface area contributed by atoms with Crippen LogP contribution >= 0.6 is 0 Å². The van der Waals surface area contributed by atoms with Crippen LogP contribution in [-0.2, 0) is 6.42 Å². The molecule has 1 aromatic heterocycles. The topological polar surface area (TPSA) is 60.2 Å². The van der Waals surface area contributed by atoms with E-state index in [1.54, 1.807) is 0 Å². The smallest absolute Gasteiger partial charge is 0.219 e. The number of fused-ring (bicyclic) bond motifs is 1. The third-order valence-electron chi connectivity index (χ3n) is 3.67. The largest absolute Gasteiger partial charge is 0.439 e. The van der Waals surface area contributed by atoms with Gasteiger partial charge in [-0.25, -0.2) is 4.98 Å². The van der Waals surface area contributed by atoms with Gasteiger partial charge in [-0.05, 0) is 62.7 Å². The Morgan fingerprint density at radius 2 is 1.96 bits per heavy atom. The summed E-state index contributed by atoms with van der Waals surface area (Å²) in [6, 6.07) is 18.4. The van der Waals surface area contributed by atoms with Gasteiger partial charge >= 0.3 is 0 Å². The van der Waals surface area contributed by atoms with E-state index < -0.39 is 0 Å². The lowest BCUT2D eigenvalue weighted by Gasteiger charge is -2.12. The van der Waals surface area contributed by atoms with E-state index in [0.29, 0.717) is 18.5 Å². The third-order valence-corrected chi connectivity index (χ3v) is 3.67. The average Bonchev–Trinajstić information content (AvgIpc) is 2.55. The molecule has 0 saturated carbocycles. The molecule has 0 aliphatic heterocycles. The first-order valence-electron chi connectivity index (χ1n) is 8.28. The molecule has 0 radical (unpaired) electrons. The van der Waals surface area contributed by atoms with Crippen LogP contribution in [0.4, 0.5) is 5.69 Å². The fraction of sp³-hybridized carbons (Fsp3) is 0.250. The van der Waals surface area contributed by atoms with Crippen LogP contribution in [0.15, 0.2) is 54.6 Å². The number of aromatic nitrogens is 1. The van der Waals surface area contributed by atoms with Crippen molar-refractivity contribution in [2.24, 2.45) is 5.73 Å². The number of pyridine rings is 1. The van der Waals surface area contributed by atoms with Crippen molar-refractivity contribution < 1.29 is 4.74 Å². The Morgan fingerprint density at radius 3 is 2.75 bits per heavy atom. The summed E-state index contributed by atoms with van der Waals surface area (Å²) in [4.78, 5) is 4.59. The van der Waals surface area contributed by atoms with Gasteiger partial charge in [0.05, 0.1) is 5.52 Å². The van der Waals surface area contributed by atoms with Crippen molar-refractivity contribution >= 4 is 16.6 Å². The maximum absolute atomic E-state index is 5.92. The van der Waals surface area contributed by atoms with E-state index in [0.717, 1.165) is 28.8 Å². The van der Waals surface area contributed by atoms with E-state index in [1.807, 2.05) is 42.5 Å². The molecule has 24 heavy (non-hydrogen) atoms. The zero-order chi connectivity index (χ0) is 16.9. The number of anilines is 1. The van der Waals surface area contributed by atoms with Crippen LogP contribution in [0.1, 0.15) is 19.4 Å². The van der Waals surface area contributed by atoms with Crippen molar-refractivity contribution in [1.29, 1.82) is 0 Å². The highest BCUT2D eigenvalue weighted by Crippen LogP contribution is 2.25. The molecule has 124 valence electrons. The molecule has 0 fully saturated rings. The first-order valence-corrected chi connectivity index (χ1v) is 8.28. The van der Waals surface area contributed by atoms with Crippen LogP contribution in [-0.4, -0.2) is 17.6 Å². The van der Waals surface area contributed by atoms with Crippen LogP contribution in [0.5, 0.6) is 11.6 Å². The minimum atomic E-state index is 0.377. The first-order chi connectivity index (χ1) is 11.6. The molecule has 3 rings (SSSR count). The van der Waals surface area contributed by atoms with Crippen molar-refractivity contribution in [1.82, 2.24) is 4.98 Å². The first kappa shape index (κ1) is 16.3. The number of nitrogens with one attached hydrogen (secondary N) is 1. The minimum absolute atomic E-state index is 0.377. The van der Waals surface area contributed by atoms with Gasteiger partial charge in [-0.2, -0.15) is 0 Å². The number of nitrogens with zero attached hydrogens (tertiary/aromatic N) is 1. The predicted octanol–water partition coefficient (Wildman–Crippen LogP) is 4.35. The van der Waals surface area contributed by atoms with E-state index in [9.17, 15) is 0 Å². The van der Waals surface area contributed by atoms with Crippen molar-refractivity contribution in [3.05, 3.63) is 60.2 Å². The van der Waals surface area contributed by atoms with E-state index in [2.05, 4.69) is 36.3 Å². The van der Waals surface area contributed by atoms with Gasteiger partial charge in [0.2, 0.25) is 5.88 Å². The fourth-order valence-electron chi connectivity index (χ4n) is 2.64. The second kappa shape index (κ2) is 7.32. The van der Waals surface area contributed by atoms with Crippen LogP contribution < -0.4 is 15.8 Å². The molecule has 0 unspecified atom stereocenters. The molecule has 0 amide bonds. The summed E-state index contributed by atoms with van der Waals surface area (Å²) >= 11 is 0. The quantitative estimate of drug-likeness (QED) is 0.708. The second-order valence-electron chi connectivity index (χ2n) is 6.14. The van der Waals surface area contributed by atoms with Crippen LogP contribution in [0, 0.1) is 0 Å². The summed E-state index contributed by atoms with van der Waals surface area (Å²) in [6.45, 7) is 4.87. The second-order valence-corrected chi connectivity index (χ2v) is 6.14. The van der Waals surface area contributed by atoms with Crippen LogP contribution in [0.25, 0.3) is 10.9 Å². The molecule has 0 aliphatic carbocycles. The highest BCUT2D eigenvalue weighted by Gasteiger charge is 2.04. The summed E-state index contributed by atoms with van der Waals surface area (Å²) in [7, 11) is 0. The van der Waals surface area contributed by atoms with Gasteiger partial charge in [0.15, 0.2) is 0 Å². The summed E-state index contributed by atoms with van der Waals surface area (Å²) in [5, 5.41) is 4.47. The Morgan fingerprint density at radius 1 is 1.08 bits per heavy atom. The van der Waals surface area contributed by atoms with Crippen LogP contribution in [0.3, 0.4) is 0 Å². The monoisotopic (exact) mass is 321 g/mol. The SMILES string of the molecule is CC(C)Nc1cccc(Oc2ccc3cc(CCN)ccc3n2)c1. The van der Waals surface area contributed by atoms with Crippen molar-refractivity contribution in [3.8, 4) is 11.6 Å². The number of nitrogens with two attached hydrogens (primary N) is 1. The molecular formula is C20H23N3O. The molecule has 3 N–H and O–H groups in total. The van der Waals surface area contributed by atoms with Crippen molar-refractivity contribution in [2.75, 3.05) is 11.9 Å². The standard InChI is InChI=1S/C20H23N3O/c1-14(2)22-17-4-3-5-18(13-17)24-20-9-7-16-12-15(10-11-21)6-8-19(16)23-20/h3-9,12-14,22H,10-11,21H2,1-2H3. The molecule has 0 saturated heterocycles. The van der Waals surface area contributed by atoms with E-state index in [4.69, 9.17) is 10.5 Å². The minimum Gasteiger partial charge on any atom is -0.439 e. The van der Waals surface area contributed by atoms with Gasteiger partial charge in [-0.15, -0.1) is 0 Å². The molecular weight excluding hydrogens is 298 g/mol. The van der Waals surface area contributed by atoms with Gasteiger partial charge in [-0.1, -0.05) is 12.1 Å². The number of hydrogen-bond donors (Lipinski definition) is 2. The van der Waals surface area contributed by atoms with Crippen LogP contribution in [0.2, 0.25) is 0 Å². The molecule has 2 aromatic carbocycles. The number of hydrogen-bond acceptors (Lipinski definition) is 4. The zero-order valence-corrected chi connectivity index (χ0v) is 14.1. The Hall–Kier alpha value is -2.59. The average molecular weight is 321 g/mol. The highest BCUT2D eigenvalue weighted by atomic mass is 16.5. The maximum Gasteiger partial charge on any atom is 0.219 e. The molecule has 1 heterocycles. The lowest BCUT2D eigenvalue weighted by atomic mass is 10.1. The fourth-order valence-corrected chi connectivity index (χ4v) is 2.64. The van der Waals surface area contributed by atoms with Gasteiger partial charge < -0.3 is 15.8 Å². The lowest BCUT2D eigenvalue weighted by Crippen LogP contribution is -2.09. The maximum atomic E-state index is 5.92. The Labute approximate surface area is 142 Å². The summed E-state index contributed by atoms with van der Waals surface area (Å²) in [5.41, 5.74) is 8.80. The molecule has 0 aliphatic rings. The van der Waals surface area contributed by atoms with Gasteiger partial charge in [0, 0.05) is 29.2 Å². The zero-order valence-electron chi connectivity index (χ0n) is 14.1. The van der Waals surface area contributed by atoms with Crippen molar-refractivity contribution in [3.63, 3.8) is 0 Å². The number of rotatable bonds is 6. The third kappa shape index (κ3) is 4.03. The normalized spacial score (nSPS) is 11.0. The summed E-state index contributed by atoms with van der Waals surface area (Å²) in [5.74, 6) is 1.36. The van der Waals surface area contributed by atoms with Gasteiger partial charge in [0.1, 0.15) is 5.75 Å². The molecule has 0 atom stereocenters. The molecule has 4 heteroatoms.